The van der Waals surface area contributed by atoms with Crippen molar-refractivity contribution in [2.75, 3.05) is 4.72 Å². The fourth-order valence-corrected chi connectivity index (χ4v) is 3.02. The van der Waals surface area contributed by atoms with Crippen molar-refractivity contribution in [3.8, 4) is 5.75 Å². The summed E-state index contributed by atoms with van der Waals surface area (Å²) >= 11 is 10.4. The number of hydrogen-bond donors (Lipinski definition) is 1. The fraction of sp³-hybridized carbons (Fsp3) is 0.200. The molecule has 0 heterocycles. The van der Waals surface area contributed by atoms with Crippen LogP contribution in [0.5, 0.6) is 5.75 Å². The predicted molar refractivity (Wildman–Crippen MR) is 89.8 cm³/mol. The van der Waals surface area contributed by atoms with Gasteiger partial charge >= 0.3 is 6.11 Å². The van der Waals surface area contributed by atoms with Crippen LogP contribution >= 0.6 is 23.2 Å². The van der Waals surface area contributed by atoms with E-state index in [4.69, 9.17) is 23.2 Å². The highest BCUT2D eigenvalue weighted by Gasteiger charge is 2.42. The Morgan fingerprint density at radius 2 is 1.76 bits per heavy atom. The number of rotatable bonds is 6. The molecular weight excluding hydrogens is 402 g/mol. The molecule has 0 aliphatic rings. The summed E-state index contributed by atoms with van der Waals surface area (Å²) in [5, 5.41) is -0.268. The van der Waals surface area contributed by atoms with E-state index in [-0.39, 0.29) is 15.6 Å². The molecule has 1 N–H and O–H groups in total. The van der Waals surface area contributed by atoms with E-state index >= 15 is 0 Å². The van der Waals surface area contributed by atoms with Crippen LogP contribution in [0.4, 0.5) is 18.9 Å². The average molecular weight is 414 g/mol. The van der Waals surface area contributed by atoms with Crippen LogP contribution < -0.4 is 9.46 Å². The quantitative estimate of drug-likeness (QED) is 0.681. The minimum absolute atomic E-state index is 0.0228. The maximum Gasteiger partial charge on any atom is 0.444 e. The second kappa shape index (κ2) is 7.31. The molecule has 0 saturated heterocycles. The molecule has 2 aromatic carbocycles. The lowest BCUT2D eigenvalue weighted by Gasteiger charge is -2.19. The van der Waals surface area contributed by atoms with Crippen LogP contribution in [0.15, 0.2) is 47.4 Å². The SMILES string of the molecule is Cc1ccc(S(=O)(=O)Nc2ccc(Cl)c(OC(F)(F)C(F)Cl)c2)cc1. The van der Waals surface area contributed by atoms with E-state index in [1.54, 1.807) is 19.1 Å². The number of alkyl halides is 4. The summed E-state index contributed by atoms with van der Waals surface area (Å²) in [6.45, 7) is 1.79. The largest absolute Gasteiger partial charge is 0.444 e. The van der Waals surface area contributed by atoms with E-state index in [1.807, 2.05) is 0 Å². The normalized spacial score (nSPS) is 13.4. The van der Waals surface area contributed by atoms with E-state index in [1.165, 1.54) is 18.2 Å². The number of nitrogens with one attached hydrogen (secondary N) is 1. The Hall–Kier alpha value is -1.64. The van der Waals surface area contributed by atoms with Crippen molar-refractivity contribution in [1.82, 2.24) is 0 Å². The van der Waals surface area contributed by atoms with Gasteiger partial charge in [0.05, 0.1) is 15.6 Å². The van der Waals surface area contributed by atoms with Gasteiger partial charge in [-0.2, -0.15) is 8.78 Å². The summed E-state index contributed by atoms with van der Waals surface area (Å²) in [6, 6.07) is 9.26. The number of benzene rings is 2. The molecule has 136 valence electrons. The Balaban J connectivity index is 2.29. The molecule has 2 rings (SSSR count). The molecule has 1 atom stereocenters. The second-order valence-corrected chi connectivity index (χ2v) is 7.50. The first-order valence-corrected chi connectivity index (χ1v) is 9.05. The van der Waals surface area contributed by atoms with Crippen LogP contribution in [-0.4, -0.2) is 20.2 Å². The van der Waals surface area contributed by atoms with E-state index in [0.29, 0.717) is 0 Å². The highest BCUT2D eigenvalue weighted by molar-refractivity contribution is 7.92. The van der Waals surface area contributed by atoms with E-state index in [0.717, 1.165) is 17.7 Å². The van der Waals surface area contributed by atoms with Crippen molar-refractivity contribution in [3.63, 3.8) is 0 Å². The van der Waals surface area contributed by atoms with E-state index < -0.39 is 27.5 Å². The molecule has 25 heavy (non-hydrogen) atoms. The van der Waals surface area contributed by atoms with Gasteiger partial charge in [-0.25, -0.2) is 12.8 Å². The van der Waals surface area contributed by atoms with Crippen molar-refractivity contribution in [2.24, 2.45) is 0 Å². The third-order valence-electron chi connectivity index (χ3n) is 3.01. The van der Waals surface area contributed by atoms with Gasteiger partial charge in [-0.05, 0) is 31.2 Å². The highest BCUT2D eigenvalue weighted by Crippen LogP contribution is 2.35. The van der Waals surface area contributed by atoms with Gasteiger partial charge in [-0.15, -0.1) is 0 Å². The number of ether oxygens (including phenoxy) is 1. The van der Waals surface area contributed by atoms with Gasteiger partial charge in [0.1, 0.15) is 5.75 Å². The molecule has 0 radical (unpaired) electrons. The minimum atomic E-state index is -4.33. The Labute approximate surface area is 152 Å². The minimum Gasteiger partial charge on any atom is -0.428 e. The topological polar surface area (TPSA) is 55.4 Å². The molecule has 0 aliphatic carbocycles. The molecule has 1 unspecified atom stereocenters. The molecule has 0 aliphatic heterocycles. The molecule has 0 amide bonds. The Bertz CT molecular complexity index is 859. The highest BCUT2D eigenvalue weighted by atomic mass is 35.5. The van der Waals surface area contributed by atoms with Crippen LogP contribution in [0.2, 0.25) is 5.02 Å². The monoisotopic (exact) mass is 413 g/mol. The molecule has 0 bridgehead atoms. The molecule has 0 fully saturated rings. The van der Waals surface area contributed by atoms with E-state index in [9.17, 15) is 21.6 Å². The van der Waals surface area contributed by atoms with Crippen LogP contribution in [0.3, 0.4) is 0 Å². The second-order valence-electron chi connectivity index (χ2n) is 5.03. The zero-order valence-electron chi connectivity index (χ0n) is 12.6. The first-order valence-electron chi connectivity index (χ1n) is 6.75. The number of halogens is 5. The molecule has 0 saturated carbocycles. The lowest BCUT2D eigenvalue weighted by atomic mass is 10.2. The summed E-state index contributed by atoms with van der Waals surface area (Å²) < 4.78 is 70.1. The van der Waals surface area contributed by atoms with Crippen LogP contribution in [0.25, 0.3) is 0 Å². The van der Waals surface area contributed by atoms with Gasteiger partial charge < -0.3 is 4.74 Å². The molecule has 0 aromatic heterocycles. The van der Waals surface area contributed by atoms with Gasteiger partial charge in [-0.3, -0.25) is 4.72 Å². The Morgan fingerprint density at radius 3 is 2.32 bits per heavy atom. The van der Waals surface area contributed by atoms with Crippen molar-refractivity contribution in [1.29, 1.82) is 0 Å². The fourth-order valence-electron chi connectivity index (χ4n) is 1.77. The van der Waals surface area contributed by atoms with Crippen molar-refractivity contribution in [3.05, 3.63) is 53.1 Å². The number of hydrogen-bond acceptors (Lipinski definition) is 3. The zero-order valence-corrected chi connectivity index (χ0v) is 15.0. The summed E-state index contributed by atoms with van der Waals surface area (Å²) in [4.78, 5) is -0.0228. The van der Waals surface area contributed by atoms with Gasteiger partial charge in [0.15, 0.2) is 0 Å². The Morgan fingerprint density at radius 1 is 1.16 bits per heavy atom. The Kier molecular flexibility index (Phi) is 5.75. The van der Waals surface area contributed by atoms with Gasteiger partial charge in [0.2, 0.25) is 0 Å². The zero-order chi connectivity index (χ0) is 18.8. The lowest BCUT2D eigenvalue weighted by molar-refractivity contribution is -0.198. The van der Waals surface area contributed by atoms with Crippen molar-refractivity contribution >= 4 is 38.9 Å². The molecule has 2 aromatic rings. The summed E-state index contributed by atoms with van der Waals surface area (Å²) in [5.74, 6) is -0.626. The molecular formula is C15H12Cl2F3NO3S. The standard InChI is InChI=1S/C15H12Cl2F3NO3S/c1-9-2-5-11(6-3-9)25(22,23)21-10-4-7-12(16)13(8-10)24-15(19,20)14(17)18/h2-8,14,21H,1H3. The first-order chi connectivity index (χ1) is 11.5. The lowest BCUT2D eigenvalue weighted by Crippen LogP contribution is -2.32. The first kappa shape index (κ1) is 19.7. The van der Waals surface area contributed by atoms with Crippen LogP contribution in [0.1, 0.15) is 5.56 Å². The van der Waals surface area contributed by atoms with Gasteiger partial charge in [0, 0.05) is 6.07 Å². The molecule has 4 nitrogen and oxygen atoms in total. The maximum atomic E-state index is 13.3. The molecule has 10 heteroatoms. The maximum absolute atomic E-state index is 13.3. The summed E-state index contributed by atoms with van der Waals surface area (Å²) in [7, 11) is -3.96. The third-order valence-corrected chi connectivity index (χ3v) is 4.98. The average Bonchev–Trinajstić information content (AvgIpc) is 2.50. The number of anilines is 1. The third kappa shape index (κ3) is 4.93. The smallest absolute Gasteiger partial charge is 0.428 e. The van der Waals surface area contributed by atoms with Crippen molar-refractivity contribution < 1.29 is 26.3 Å². The van der Waals surface area contributed by atoms with E-state index in [2.05, 4.69) is 9.46 Å². The van der Waals surface area contributed by atoms with Gasteiger partial charge in [-0.1, -0.05) is 40.9 Å². The van der Waals surface area contributed by atoms with Crippen LogP contribution in [-0.2, 0) is 10.0 Å². The van der Waals surface area contributed by atoms with Crippen LogP contribution in [0, 0.1) is 6.92 Å². The summed E-state index contributed by atoms with van der Waals surface area (Å²) in [6.07, 6.45) is -4.33. The van der Waals surface area contributed by atoms with Crippen molar-refractivity contribution in [2.45, 2.75) is 23.6 Å². The number of sulfonamides is 1. The van der Waals surface area contributed by atoms with Gasteiger partial charge in [0.25, 0.3) is 15.7 Å². The number of aryl methyl sites for hydroxylation is 1. The predicted octanol–water partition coefficient (Wildman–Crippen LogP) is 4.96. The molecule has 0 spiro atoms. The summed E-state index contributed by atoms with van der Waals surface area (Å²) in [5.41, 5.74) is -2.33.